The average Bonchev–Trinajstić information content (AvgIpc) is 2.04. The second-order valence-corrected chi connectivity index (χ2v) is 3.30. The lowest BCUT2D eigenvalue weighted by molar-refractivity contribution is -0.150. The van der Waals surface area contributed by atoms with Crippen LogP contribution in [0.25, 0.3) is 0 Å². The van der Waals surface area contributed by atoms with Crippen molar-refractivity contribution in [1.29, 1.82) is 0 Å². The second-order valence-electron chi connectivity index (χ2n) is 3.30. The lowest BCUT2D eigenvalue weighted by Crippen LogP contribution is -2.42. The molecule has 1 amide bonds. The standard InChI is InChI=1S/C8H13NO4/c10-6-3-1-2-5(4-6)9-7(11)8(12)13/h5-6,10H,1-4H2,(H,9,11)(H,12,13)/t5-,6+/m0/s1. The van der Waals surface area contributed by atoms with E-state index in [0.717, 1.165) is 19.3 Å². The van der Waals surface area contributed by atoms with Gasteiger partial charge in [0.05, 0.1) is 6.10 Å². The summed E-state index contributed by atoms with van der Waals surface area (Å²) >= 11 is 0. The van der Waals surface area contributed by atoms with Crippen LogP contribution in [0.2, 0.25) is 0 Å². The van der Waals surface area contributed by atoms with E-state index in [9.17, 15) is 14.7 Å². The average molecular weight is 187 g/mol. The number of rotatable bonds is 1. The lowest BCUT2D eigenvalue weighted by Gasteiger charge is -2.25. The maximum absolute atomic E-state index is 10.7. The van der Waals surface area contributed by atoms with E-state index in [2.05, 4.69) is 5.32 Å². The quantitative estimate of drug-likeness (QED) is 0.482. The first-order chi connectivity index (χ1) is 6.09. The third kappa shape index (κ3) is 3.02. The van der Waals surface area contributed by atoms with Gasteiger partial charge >= 0.3 is 11.9 Å². The summed E-state index contributed by atoms with van der Waals surface area (Å²) in [5.74, 6) is -2.46. The van der Waals surface area contributed by atoms with E-state index in [0.29, 0.717) is 6.42 Å². The molecule has 2 atom stereocenters. The molecular weight excluding hydrogens is 174 g/mol. The van der Waals surface area contributed by atoms with Crippen molar-refractivity contribution in [3.8, 4) is 0 Å². The molecule has 13 heavy (non-hydrogen) atoms. The van der Waals surface area contributed by atoms with Crippen LogP contribution in [-0.4, -0.2) is 34.2 Å². The Morgan fingerprint density at radius 1 is 1.31 bits per heavy atom. The number of hydrogen-bond acceptors (Lipinski definition) is 3. The number of aliphatic carboxylic acids is 1. The predicted octanol–water partition coefficient (Wildman–Crippen LogP) is -0.509. The fraction of sp³-hybridized carbons (Fsp3) is 0.750. The van der Waals surface area contributed by atoms with Gasteiger partial charge in [-0.1, -0.05) is 0 Å². The molecule has 0 aromatic rings. The molecule has 0 aliphatic heterocycles. The zero-order valence-electron chi connectivity index (χ0n) is 7.19. The Kier molecular flexibility index (Phi) is 3.25. The van der Waals surface area contributed by atoms with E-state index in [1.54, 1.807) is 0 Å². The second kappa shape index (κ2) is 4.23. The number of nitrogens with one attached hydrogen (secondary N) is 1. The number of carbonyl (C=O) groups excluding carboxylic acids is 1. The maximum atomic E-state index is 10.7. The minimum atomic E-state index is -1.47. The lowest BCUT2D eigenvalue weighted by atomic mass is 9.93. The van der Waals surface area contributed by atoms with Crippen LogP contribution in [0.1, 0.15) is 25.7 Å². The Morgan fingerprint density at radius 2 is 2.00 bits per heavy atom. The van der Waals surface area contributed by atoms with Crippen molar-refractivity contribution in [3.63, 3.8) is 0 Å². The van der Waals surface area contributed by atoms with Gasteiger partial charge < -0.3 is 15.5 Å². The topological polar surface area (TPSA) is 86.6 Å². The van der Waals surface area contributed by atoms with Gasteiger partial charge in [-0.2, -0.15) is 0 Å². The van der Waals surface area contributed by atoms with Crippen LogP contribution >= 0.6 is 0 Å². The Balaban J connectivity index is 2.36. The van der Waals surface area contributed by atoms with Gasteiger partial charge in [0, 0.05) is 6.04 Å². The summed E-state index contributed by atoms with van der Waals surface area (Å²) in [6.07, 6.45) is 2.35. The molecule has 1 fully saturated rings. The van der Waals surface area contributed by atoms with Crippen LogP contribution in [-0.2, 0) is 9.59 Å². The van der Waals surface area contributed by atoms with Gasteiger partial charge in [-0.15, -0.1) is 0 Å². The van der Waals surface area contributed by atoms with E-state index >= 15 is 0 Å². The molecule has 1 rings (SSSR count). The van der Waals surface area contributed by atoms with Crippen LogP contribution < -0.4 is 5.32 Å². The van der Waals surface area contributed by atoms with E-state index in [4.69, 9.17) is 5.11 Å². The van der Waals surface area contributed by atoms with E-state index < -0.39 is 18.0 Å². The van der Waals surface area contributed by atoms with Gasteiger partial charge in [0.1, 0.15) is 0 Å². The zero-order chi connectivity index (χ0) is 9.84. The summed E-state index contributed by atoms with van der Waals surface area (Å²) in [6.45, 7) is 0. The largest absolute Gasteiger partial charge is 0.474 e. The first-order valence-electron chi connectivity index (χ1n) is 4.31. The van der Waals surface area contributed by atoms with Crippen molar-refractivity contribution < 1.29 is 19.8 Å². The van der Waals surface area contributed by atoms with Crippen LogP contribution in [0.5, 0.6) is 0 Å². The Labute approximate surface area is 75.7 Å². The van der Waals surface area contributed by atoms with Crippen molar-refractivity contribution in [1.82, 2.24) is 5.32 Å². The molecule has 0 aromatic carbocycles. The van der Waals surface area contributed by atoms with Gasteiger partial charge in [-0.25, -0.2) is 4.79 Å². The number of amides is 1. The van der Waals surface area contributed by atoms with E-state index in [-0.39, 0.29) is 6.04 Å². The highest BCUT2D eigenvalue weighted by atomic mass is 16.4. The molecule has 74 valence electrons. The number of carboxylic acids is 1. The summed E-state index contributed by atoms with van der Waals surface area (Å²) in [4.78, 5) is 20.9. The van der Waals surface area contributed by atoms with Gasteiger partial charge in [-0.05, 0) is 25.7 Å². The summed E-state index contributed by atoms with van der Waals surface area (Å²) in [5, 5.41) is 19.9. The molecule has 5 heteroatoms. The minimum Gasteiger partial charge on any atom is -0.474 e. The van der Waals surface area contributed by atoms with Crippen molar-refractivity contribution in [2.24, 2.45) is 0 Å². The number of aliphatic hydroxyl groups excluding tert-OH is 1. The first-order valence-corrected chi connectivity index (χ1v) is 4.31. The fourth-order valence-corrected chi connectivity index (χ4v) is 1.54. The smallest absolute Gasteiger partial charge is 0.394 e. The van der Waals surface area contributed by atoms with E-state index in [1.807, 2.05) is 0 Å². The molecule has 0 radical (unpaired) electrons. The number of carbonyl (C=O) groups is 2. The third-order valence-electron chi connectivity index (χ3n) is 2.18. The van der Waals surface area contributed by atoms with Crippen LogP contribution in [0, 0.1) is 0 Å². The van der Waals surface area contributed by atoms with Gasteiger partial charge in [0.2, 0.25) is 0 Å². The zero-order valence-corrected chi connectivity index (χ0v) is 7.19. The van der Waals surface area contributed by atoms with Gasteiger partial charge in [-0.3, -0.25) is 4.79 Å². The molecule has 0 aromatic heterocycles. The molecule has 3 N–H and O–H groups in total. The summed E-state index contributed by atoms with van der Waals surface area (Å²) in [5.41, 5.74) is 0. The monoisotopic (exact) mass is 187 g/mol. The SMILES string of the molecule is O=C(O)C(=O)N[C@H]1CCC[C@@H](O)C1. The van der Waals surface area contributed by atoms with Gasteiger partial charge in [0.25, 0.3) is 0 Å². The van der Waals surface area contributed by atoms with Crippen LogP contribution in [0.3, 0.4) is 0 Å². The minimum absolute atomic E-state index is 0.188. The molecule has 0 heterocycles. The highest BCUT2D eigenvalue weighted by Crippen LogP contribution is 2.17. The molecule has 1 aliphatic rings. The molecule has 0 bridgehead atoms. The number of hydrogen-bond donors (Lipinski definition) is 3. The molecule has 0 saturated heterocycles. The molecule has 1 aliphatic carbocycles. The Bertz CT molecular complexity index is 216. The molecule has 1 saturated carbocycles. The number of carboxylic acid groups (broad SMARTS) is 1. The highest BCUT2D eigenvalue weighted by Gasteiger charge is 2.23. The van der Waals surface area contributed by atoms with Crippen LogP contribution in [0.4, 0.5) is 0 Å². The first kappa shape index (κ1) is 9.98. The molecule has 5 nitrogen and oxygen atoms in total. The Hall–Kier alpha value is -1.10. The summed E-state index contributed by atoms with van der Waals surface area (Å²) in [7, 11) is 0. The predicted molar refractivity (Wildman–Crippen MR) is 44.0 cm³/mol. The normalized spacial score (nSPS) is 28.1. The fourth-order valence-electron chi connectivity index (χ4n) is 1.54. The summed E-state index contributed by atoms with van der Waals surface area (Å²) < 4.78 is 0. The molecule has 0 spiro atoms. The van der Waals surface area contributed by atoms with Crippen molar-refractivity contribution in [2.45, 2.75) is 37.8 Å². The highest BCUT2D eigenvalue weighted by molar-refractivity contribution is 6.31. The summed E-state index contributed by atoms with van der Waals surface area (Å²) in [6, 6.07) is -0.188. The van der Waals surface area contributed by atoms with Crippen molar-refractivity contribution >= 4 is 11.9 Å². The van der Waals surface area contributed by atoms with E-state index in [1.165, 1.54) is 0 Å². The molecule has 0 unspecified atom stereocenters. The third-order valence-corrected chi connectivity index (χ3v) is 2.18. The van der Waals surface area contributed by atoms with Crippen molar-refractivity contribution in [2.75, 3.05) is 0 Å². The number of aliphatic hydroxyl groups is 1. The Morgan fingerprint density at radius 3 is 2.54 bits per heavy atom. The van der Waals surface area contributed by atoms with Crippen LogP contribution in [0.15, 0.2) is 0 Å². The van der Waals surface area contributed by atoms with Crippen molar-refractivity contribution in [3.05, 3.63) is 0 Å². The van der Waals surface area contributed by atoms with Gasteiger partial charge in [0.15, 0.2) is 0 Å². The molecular formula is C8H13NO4. The maximum Gasteiger partial charge on any atom is 0.394 e.